The van der Waals surface area contributed by atoms with Gasteiger partial charge in [-0.1, -0.05) is 30.3 Å². The molecular weight excluding hydrogens is 412 g/mol. The van der Waals surface area contributed by atoms with Gasteiger partial charge in [-0.2, -0.15) is 0 Å². The van der Waals surface area contributed by atoms with E-state index >= 15 is 0 Å². The van der Waals surface area contributed by atoms with Gasteiger partial charge < -0.3 is 14.8 Å². The average Bonchev–Trinajstić information content (AvgIpc) is 3.19. The number of nitrogens with one attached hydrogen (secondary N) is 1. The van der Waals surface area contributed by atoms with Crippen LogP contribution in [0.3, 0.4) is 0 Å². The number of nitrogens with zero attached hydrogens (tertiary/aromatic N) is 1. The summed E-state index contributed by atoms with van der Waals surface area (Å²) in [4.78, 5) is 27.7. The molecule has 160 valence electrons. The molecule has 0 atom stereocenters. The smallest absolute Gasteiger partial charge is 0.308 e. The Labute approximate surface area is 185 Å². The minimum Gasteiger partial charge on any atom is -0.493 e. The standard InChI is InChI=1S/C24H24N2O4S/c1-16-26-21(15-31-16)20-8-4-18(5-9-20)12-13-25-24(28)11-7-19-6-10-22(30-17(2)27)23(14-19)29-3/h4-11,14-15H,12-13H2,1-3H3,(H,25,28)/b11-7+. The molecule has 0 saturated carbocycles. The van der Waals surface area contributed by atoms with Crippen molar-refractivity contribution in [2.45, 2.75) is 20.3 Å². The van der Waals surface area contributed by atoms with Crippen LogP contribution in [0.2, 0.25) is 0 Å². The second-order valence-corrected chi connectivity index (χ2v) is 7.89. The van der Waals surface area contributed by atoms with E-state index in [2.05, 4.69) is 39.9 Å². The SMILES string of the molecule is COc1cc(/C=C/C(=O)NCCc2ccc(-c3csc(C)n3)cc2)ccc1OC(C)=O. The van der Waals surface area contributed by atoms with Crippen molar-refractivity contribution in [3.63, 3.8) is 0 Å². The molecule has 3 aromatic rings. The topological polar surface area (TPSA) is 77.5 Å². The minimum absolute atomic E-state index is 0.183. The molecule has 0 saturated heterocycles. The van der Waals surface area contributed by atoms with E-state index in [1.165, 1.54) is 20.1 Å². The lowest BCUT2D eigenvalue weighted by atomic mass is 10.1. The van der Waals surface area contributed by atoms with E-state index in [1.807, 2.05) is 6.92 Å². The molecule has 6 nitrogen and oxygen atoms in total. The van der Waals surface area contributed by atoms with Crippen molar-refractivity contribution in [3.8, 4) is 22.8 Å². The summed E-state index contributed by atoms with van der Waals surface area (Å²) in [5.74, 6) is 0.160. The normalized spacial score (nSPS) is 10.8. The summed E-state index contributed by atoms with van der Waals surface area (Å²) < 4.78 is 10.3. The van der Waals surface area contributed by atoms with Crippen LogP contribution in [-0.4, -0.2) is 30.5 Å². The van der Waals surface area contributed by atoms with Gasteiger partial charge in [0.25, 0.3) is 0 Å². The maximum atomic E-state index is 12.1. The van der Waals surface area contributed by atoms with Gasteiger partial charge in [0.1, 0.15) is 0 Å². The highest BCUT2D eigenvalue weighted by Gasteiger charge is 2.07. The molecule has 0 aliphatic heterocycles. The third-order valence-corrected chi connectivity index (χ3v) is 5.22. The third kappa shape index (κ3) is 6.52. The Morgan fingerprint density at radius 2 is 1.90 bits per heavy atom. The number of ether oxygens (including phenoxy) is 2. The largest absolute Gasteiger partial charge is 0.493 e. The zero-order valence-corrected chi connectivity index (χ0v) is 18.5. The summed E-state index contributed by atoms with van der Waals surface area (Å²) in [5.41, 5.74) is 3.99. The summed E-state index contributed by atoms with van der Waals surface area (Å²) >= 11 is 1.64. The Hall–Kier alpha value is -3.45. The third-order valence-electron chi connectivity index (χ3n) is 4.45. The van der Waals surface area contributed by atoms with Gasteiger partial charge >= 0.3 is 5.97 Å². The molecule has 0 unspecified atom stereocenters. The first-order chi connectivity index (χ1) is 14.9. The predicted octanol–water partition coefficient (Wildman–Crippen LogP) is 4.42. The first-order valence-electron chi connectivity index (χ1n) is 9.78. The van der Waals surface area contributed by atoms with Crippen molar-refractivity contribution in [2.24, 2.45) is 0 Å². The van der Waals surface area contributed by atoms with Crippen molar-refractivity contribution in [1.82, 2.24) is 10.3 Å². The lowest BCUT2D eigenvalue weighted by molar-refractivity contribution is -0.132. The molecule has 0 bridgehead atoms. The van der Waals surface area contributed by atoms with Crippen molar-refractivity contribution >= 4 is 29.3 Å². The van der Waals surface area contributed by atoms with Crippen LogP contribution in [0, 0.1) is 6.92 Å². The maximum Gasteiger partial charge on any atom is 0.308 e. The molecule has 0 aliphatic rings. The fourth-order valence-corrected chi connectivity index (χ4v) is 3.55. The lowest BCUT2D eigenvalue weighted by Crippen LogP contribution is -2.23. The van der Waals surface area contributed by atoms with Gasteiger partial charge in [-0.3, -0.25) is 9.59 Å². The lowest BCUT2D eigenvalue weighted by Gasteiger charge is -2.08. The molecule has 1 heterocycles. The number of amides is 1. The first kappa shape index (κ1) is 22.2. The number of rotatable bonds is 8. The molecule has 1 aromatic heterocycles. The summed E-state index contributed by atoms with van der Waals surface area (Å²) in [6.07, 6.45) is 3.88. The molecule has 0 spiro atoms. The highest BCUT2D eigenvalue weighted by atomic mass is 32.1. The highest BCUT2D eigenvalue weighted by Crippen LogP contribution is 2.28. The van der Waals surface area contributed by atoms with E-state index in [0.29, 0.717) is 18.0 Å². The maximum absolute atomic E-state index is 12.1. The molecule has 1 N–H and O–H groups in total. The summed E-state index contributed by atoms with van der Waals surface area (Å²) in [6, 6.07) is 13.3. The van der Waals surface area contributed by atoms with Crippen molar-refractivity contribution in [2.75, 3.05) is 13.7 Å². The Kier molecular flexibility index (Phi) is 7.56. The van der Waals surface area contributed by atoms with Crippen molar-refractivity contribution in [1.29, 1.82) is 0 Å². The summed E-state index contributed by atoms with van der Waals surface area (Å²) in [7, 11) is 1.49. The number of carbonyl (C=O) groups is 2. The Balaban J connectivity index is 1.50. The van der Waals surface area contributed by atoms with Gasteiger partial charge in [0, 0.05) is 30.5 Å². The van der Waals surface area contributed by atoms with Crippen molar-refractivity contribution < 1.29 is 19.1 Å². The number of aromatic nitrogens is 1. The van der Waals surface area contributed by atoms with Gasteiger partial charge in [0.15, 0.2) is 11.5 Å². The van der Waals surface area contributed by atoms with E-state index in [9.17, 15) is 9.59 Å². The number of methoxy groups -OCH3 is 1. The monoisotopic (exact) mass is 436 g/mol. The van der Waals surface area contributed by atoms with Crippen molar-refractivity contribution in [3.05, 3.63) is 70.1 Å². The van der Waals surface area contributed by atoms with Crippen LogP contribution in [0.1, 0.15) is 23.1 Å². The highest BCUT2D eigenvalue weighted by molar-refractivity contribution is 7.09. The van der Waals surface area contributed by atoms with Crippen LogP contribution < -0.4 is 14.8 Å². The number of esters is 1. The number of hydrogen-bond acceptors (Lipinski definition) is 6. The molecule has 31 heavy (non-hydrogen) atoms. The number of hydrogen-bond donors (Lipinski definition) is 1. The van der Waals surface area contributed by atoms with E-state index in [0.717, 1.165) is 33.8 Å². The fraction of sp³-hybridized carbons (Fsp3) is 0.208. The van der Waals surface area contributed by atoms with E-state index < -0.39 is 5.97 Å². The van der Waals surface area contributed by atoms with E-state index in [-0.39, 0.29) is 5.91 Å². The number of carbonyl (C=O) groups excluding carboxylic acids is 2. The number of thiazole rings is 1. The fourth-order valence-electron chi connectivity index (χ4n) is 2.93. The van der Waals surface area contributed by atoms with Gasteiger partial charge in [-0.05, 0) is 42.7 Å². The first-order valence-corrected chi connectivity index (χ1v) is 10.7. The molecule has 2 aromatic carbocycles. The molecular formula is C24H24N2O4S. The molecule has 1 amide bonds. The zero-order chi connectivity index (χ0) is 22.2. The molecule has 0 aliphatic carbocycles. The van der Waals surface area contributed by atoms with Crippen LogP contribution in [0.4, 0.5) is 0 Å². The van der Waals surface area contributed by atoms with Gasteiger partial charge in [0.05, 0.1) is 17.8 Å². The molecule has 3 rings (SSSR count). The van der Waals surface area contributed by atoms with Crippen LogP contribution in [-0.2, 0) is 16.0 Å². The van der Waals surface area contributed by atoms with Gasteiger partial charge in [-0.15, -0.1) is 11.3 Å². The molecule has 0 fully saturated rings. The second kappa shape index (κ2) is 10.5. The van der Waals surface area contributed by atoms with Crippen LogP contribution in [0.5, 0.6) is 11.5 Å². The predicted molar refractivity (Wildman–Crippen MR) is 122 cm³/mol. The Bertz CT molecular complexity index is 1090. The van der Waals surface area contributed by atoms with Crippen LogP contribution in [0.15, 0.2) is 53.9 Å². The summed E-state index contributed by atoms with van der Waals surface area (Å²) in [6.45, 7) is 3.86. The quantitative estimate of drug-likeness (QED) is 0.321. The number of aryl methyl sites for hydroxylation is 1. The van der Waals surface area contributed by atoms with Gasteiger partial charge in [-0.25, -0.2) is 4.98 Å². The van der Waals surface area contributed by atoms with Crippen LogP contribution >= 0.6 is 11.3 Å². The van der Waals surface area contributed by atoms with Crippen LogP contribution in [0.25, 0.3) is 17.3 Å². The summed E-state index contributed by atoms with van der Waals surface area (Å²) in [5, 5.41) is 5.98. The molecule has 0 radical (unpaired) electrons. The number of benzene rings is 2. The Morgan fingerprint density at radius 3 is 2.55 bits per heavy atom. The zero-order valence-electron chi connectivity index (χ0n) is 17.7. The molecule has 7 heteroatoms. The van der Waals surface area contributed by atoms with E-state index in [1.54, 1.807) is 35.6 Å². The minimum atomic E-state index is -0.422. The second-order valence-electron chi connectivity index (χ2n) is 6.83. The average molecular weight is 437 g/mol. The Morgan fingerprint density at radius 1 is 1.13 bits per heavy atom. The van der Waals surface area contributed by atoms with E-state index in [4.69, 9.17) is 9.47 Å². The van der Waals surface area contributed by atoms with Gasteiger partial charge in [0.2, 0.25) is 5.91 Å².